The number of halogens is 1. The zero-order valence-corrected chi connectivity index (χ0v) is 15.6. The van der Waals surface area contributed by atoms with Gasteiger partial charge in [0.25, 0.3) is 5.91 Å². The smallest absolute Gasteiger partial charge is 0.305 e. The van der Waals surface area contributed by atoms with Crippen LogP contribution in [0.1, 0.15) is 16.8 Å². The lowest BCUT2D eigenvalue weighted by Crippen LogP contribution is -2.18. The molecule has 3 N–H and O–H groups in total. The highest BCUT2D eigenvalue weighted by Crippen LogP contribution is 2.30. The third kappa shape index (κ3) is 3.07. The van der Waals surface area contributed by atoms with Gasteiger partial charge >= 0.3 is 5.97 Å². The number of nitrogens with one attached hydrogen (secondary N) is 2. The van der Waals surface area contributed by atoms with Crippen molar-refractivity contribution < 1.29 is 14.7 Å². The number of amides is 1. The summed E-state index contributed by atoms with van der Waals surface area (Å²) in [5.41, 5.74) is 3.19. The first kappa shape index (κ1) is 18.0. The van der Waals surface area contributed by atoms with Gasteiger partial charge in [0.2, 0.25) is 0 Å². The van der Waals surface area contributed by atoms with E-state index in [2.05, 4.69) is 20.5 Å². The van der Waals surface area contributed by atoms with Gasteiger partial charge in [-0.05, 0) is 18.2 Å². The fourth-order valence-electron chi connectivity index (χ4n) is 3.18. The monoisotopic (exact) mass is 397 g/mol. The lowest BCUT2D eigenvalue weighted by Gasteiger charge is -2.09. The molecule has 0 spiro atoms. The molecule has 4 rings (SSSR count). The van der Waals surface area contributed by atoms with E-state index in [9.17, 15) is 9.59 Å². The maximum absolute atomic E-state index is 12.1. The predicted octanol–water partition coefficient (Wildman–Crippen LogP) is 3.07. The summed E-state index contributed by atoms with van der Waals surface area (Å²) in [4.78, 5) is 27.9. The summed E-state index contributed by atoms with van der Waals surface area (Å²) in [5.74, 6) is -0.629. The Labute approximate surface area is 164 Å². The van der Waals surface area contributed by atoms with Crippen LogP contribution in [0.2, 0.25) is 5.02 Å². The average Bonchev–Trinajstić information content (AvgIpc) is 3.28. The largest absolute Gasteiger partial charge is 0.481 e. The number of benzene rings is 2. The fraction of sp³-hybridized carbons (Fsp3) is 0.158. The molecule has 0 aliphatic rings. The second-order valence-electron chi connectivity index (χ2n) is 6.30. The Morgan fingerprint density at radius 1 is 1.29 bits per heavy atom. The van der Waals surface area contributed by atoms with Gasteiger partial charge in [0.1, 0.15) is 5.82 Å². The van der Waals surface area contributed by atoms with Crippen molar-refractivity contribution in [3.8, 4) is 11.4 Å². The molecular formula is C19H16ClN5O3. The average molecular weight is 398 g/mol. The minimum absolute atomic E-state index is 0.0699. The SMILES string of the molecule is CNC(=O)c1cc2nc(-c3ccc4cn[nH]c4c3)n(CCC(=O)O)c2cc1Cl. The Morgan fingerprint density at radius 2 is 2.11 bits per heavy atom. The number of fused-ring (bicyclic) bond motifs is 2. The van der Waals surface area contributed by atoms with Crippen molar-refractivity contribution in [2.45, 2.75) is 13.0 Å². The standard InChI is InChI=1S/C19H16ClN5O3/c1-21-19(28)12-7-15-16(8-13(12)20)25(5-4-17(26)27)18(23-15)10-2-3-11-9-22-24-14(11)6-10/h2-3,6-9H,4-5H2,1H3,(H,21,28)(H,22,24)(H,26,27). The molecule has 0 atom stereocenters. The Balaban J connectivity index is 1.93. The number of carboxylic acids is 1. The summed E-state index contributed by atoms with van der Waals surface area (Å²) in [7, 11) is 1.53. The normalized spacial score (nSPS) is 11.2. The van der Waals surface area contributed by atoms with Gasteiger partial charge in [0.05, 0.1) is 39.8 Å². The molecular weight excluding hydrogens is 382 g/mol. The molecule has 0 radical (unpaired) electrons. The Bertz CT molecular complexity index is 1230. The van der Waals surface area contributed by atoms with E-state index >= 15 is 0 Å². The minimum atomic E-state index is -0.912. The highest BCUT2D eigenvalue weighted by molar-refractivity contribution is 6.34. The number of nitrogens with zero attached hydrogens (tertiary/aromatic N) is 3. The summed E-state index contributed by atoms with van der Waals surface area (Å²) in [6, 6.07) is 8.98. The highest BCUT2D eigenvalue weighted by atomic mass is 35.5. The van der Waals surface area contributed by atoms with Gasteiger partial charge in [0.15, 0.2) is 0 Å². The molecule has 28 heavy (non-hydrogen) atoms. The van der Waals surface area contributed by atoms with Gasteiger partial charge in [-0.25, -0.2) is 4.98 Å². The Kier molecular flexibility index (Phi) is 4.48. The van der Waals surface area contributed by atoms with E-state index in [0.29, 0.717) is 22.4 Å². The van der Waals surface area contributed by atoms with Crippen LogP contribution in [0, 0.1) is 0 Å². The van der Waals surface area contributed by atoms with Crippen molar-refractivity contribution in [1.82, 2.24) is 25.1 Å². The van der Waals surface area contributed by atoms with Crippen LogP contribution >= 0.6 is 11.6 Å². The van der Waals surface area contributed by atoms with Crippen LogP contribution in [0.15, 0.2) is 36.5 Å². The number of imidazole rings is 1. The first-order valence-electron chi connectivity index (χ1n) is 8.55. The summed E-state index contributed by atoms with van der Waals surface area (Å²) < 4.78 is 1.81. The van der Waals surface area contributed by atoms with Gasteiger partial charge in [-0.3, -0.25) is 14.7 Å². The van der Waals surface area contributed by atoms with Crippen molar-refractivity contribution in [3.05, 3.63) is 47.1 Å². The topological polar surface area (TPSA) is 113 Å². The van der Waals surface area contributed by atoms with E-state index in [-0.39, 0.29) is 23.9 Å². The first-order valence-corrected chi connectivity index (χ1v) is 8.93. The molecule has 0 saturated heterocycles. The molecule has 0 unspecified atom stereocenters. The number of aryl methyl sites for hydroxylation is 1. The van der Waals surface area contributed by atoms with E-state index in [1.54, 1.807) is 22.9 Å². The first-order chi connectivity index (χ1) is 13.5. The van der Waals surface area contributed by atoms with E-state index in [0.717, 1.165) is 16.5 Å². The number of carboxylic acid groups (broad SMARTS) is 1. The third-order valence-electron chi connectivity index (χ3n) is 4.56. The van der Waals surface area contributed by atoms with Crippen molar-refractivity contribution in [1.29, 1.82) is 0 Å². The number of aromatic nitrogens is 4. The van der Waals surface area contributed by atoms with E-state index in [1.165, 1.54) is 7.05 Å². The second kappa shape index (κ2) is 6.97. The molecule has 2 aromatic heterocycles. The predicted molar refractivity (Wildman–Crippen MR) is 105 cm³/mol. The molecule has 8 nitrogen and oxygen atoms in total. The van der Waals surface area contributed by atoms with Crippen molar-refractivity contribution in [3.63, 3.8) is 0 Å². The number of H-pyrrole nitrogens is 1. The molecule has 0 saturated carbocycles. The number of aromatic amines is 1. The Morgan fingerprint density at radius 3 is 2.86 bits per heavy atom. The number of aliphatic carboxylic acids is 1. The summed E-state index contributed by atoms with van der Waals surface area (Å²) in [6.07, 6.45) is 1.65. The second-order valence-corrected chi connectivity index (χ2v) is 6.71. The molecule has 142 valence electrons. The summed E-state index contributed by atoms with van der Waals surface area (Å²) in [6.45, 7) is 0.220. The molecule has 4 aromatic rings. The maximum Gasteiger partial charge on any atom is 0.305 e. The van der Waals surface area contributed by atoms with Gasteiger partial charge in [0, 0.05) is 24.5 Å². The number of carbonyl (C=O) groups excluding carboxylic acids is 1. The lowest BCUT2D eigenvalue weighted by molar-refractivity contribution is -0.137. The third-order valence-corrected chi connectivity index (χ3v) is 4.87. The number of carbonyl (C=O) groups is 2. The van der Waals surface area contributed by atoms with E-state index in [4.69, 9.17) is 16.7 Å². The highest BCUT2D eigenvalue weighted by Gasteiger charge is 2.18. The van der Waals surface area contributed by atoms with Crippen LogP contribution in [-0.4, -0.2) is 43.8 Å². The van der Waals surface area contributed by atoms with Gasteiger partial charge in [-0.1, -0.05) is 23.7 Å². The minimum Gasteiger partial charge on any atom is -0.481 e. The van der Waals surface area contributed by atoms with Gasteiger partial charge in [-0.15, -0.1) is 0 Å². The zero-order chi connectivity index (χ0) is 19.8. The number of hydrogen-bond acceptors (Lipinski definition) is 4. The number of rotatable bonds is 5. The van der Waals surface area contributed by atoms with Crippen LogP contribution in [-0.2, 0) is 11.3 Å². The van der Waals surface area contributed by atoms with Gasteiger partial charge < -0.3 is 15.0 Å². The molecule has 2 heterocycles. The molecule has 0 aliphatic heterocycles. The van der Waals surface area contributed by atoms with Crippen molar-refractivity contribution in [2.75, 3.05) is 7.05 Å². The van der Waals surface area contributed by atoms with Crippen LogP contribution in [0.5, 0.6) is 0 Å². The number of hydrogen-bond donors (Lipinski definition) is 3. The summed E-state index contributed by atoms with van der Waals surface area (Å²) >= 11 is 6.30. The van der Waals surface area contributed by atoms with Gasteiger partial charge in [-0.2, -0.15) is 5.10 Å². The van der Waals surface area contributed by atoms with Crippen molar-refractivity contribution in [2.24, 2.45) is 0 Å². The zero-order valence-electron chi connectivity index (χ0n) is 14.9. The molecule has 9 heteroatoms. The quantitative estimate of drug-likeness (QED) is 0.479. The molecule has 2 aromatic carbocycles. The van der Waals surface area contributed by atoms with Crippen LogP contribution in [0.3, 0.4) is 0 Å². The fourth-order valence-corrected chi connectivity index (χ4v) is 3.43. The molecule has 1 amide bonds. The molecule has 0 bridgehead atoms. The van der Waals surface area contributed by atoms with Crippen LogP contribution in [0.25, 0.3) is 33.3 Å². The Hall–Kier alpha value is -3.39. The molecule has 0 fully saturated rings. The lowest BCUT2D eigenvalue weighted by atomic mass is 10.1. The van der Waals surface area contributed by atoms with E-state index in [1.807, 2.05) is 18.2 Å². The van der Waals surface area contributed by atoms with Crippen molar-refractivity contribution >= 4 is 45.4 Å². The maximum atomic E-state index is 12.1. The van der Waals surface area contributed by atoms with Crippen LogP contribution < -0.4 is 5.32 Å². The molecule has 0 aliphatic carbocycles. The summed E-state index contributed by atoms with van der Waals surface area (Å²) in [5, 5.41) is 19.9. The van der Waals surface area contributed by atoms with E-state index < -0.39 is 5.97 Å². The van der Waals surface area contributed by atoms with Crippen LogP contribution in [0.4, 0.5) is 0 Å².